The zero-order valence-corrected chi connectivity index (χ0v) is 10.5. The standard InChI is InChI=1S/C11H19N3O4/c1-6(9(15)14-7(2)11(17)18)13-10(16)8-4-3-5-12-8/h6-8,12H,3-5H2,1-2H3,(H,13,16)(H,14,15)(H,17,18). The van der Waals surface area contributed by atoms with E-state index in [0.29, 0.717) is 0 Å². The number of rotatable bonds is 5. The first-order chi connectivity index (χ1) is 8.41. The zero-order chi connectivity index (χ0) is 13.7. The van der Waals surface area contributed by atoms with Crippen molar-refractivity contribution in [3.63, 3.8) is 0 Å². The Morgan fingerprint density at radius 2 is 1.89 bits per heavy atom. The molecule has 0 aromatic heterocycles. The van der Waals surface area contributed by atoms with Gasteiger partial charge >= 0.3 is 5.97 Å². The number of carbonyl (C=O) groups is 3. The van der Waals surface area contributed by atoms with Gasteiger partial charge in [0.1, 0.15) is 12.1 Å². The smallest absolute Gasteiger partial charge is 0.325 e. The molecule has 7 heteroatoms. The van der Waals surface area contributed by atoms with Crippen LogP contribution in [0.1, 0.15) is 26.7 Å². The van der Waals surface area contributed by atoms with Crippen LogP contribution in [0.4, 0.5) is 0 Å². The van der Waals surface area contributed by atoms with Crippen molar-refractivity contribution < 1.29 is 19.5 Å². The van der Waals surface area contributed by atoms with E-state index in [9.17, 15) is 14.4 Å². The summed E-state index contributed by atoms with van der Waals surface area (Å²) < 4.78 is 0. The van der Waals surface area contributed by atoms with Gasteiger partial charge in [0.25, 0.3) is 0 Å². The lowest BCUT2D eigenvalue weighted by Gasteiger charge is -2.18. The van der Waals surface area contributed by atoms with Crippen LogP contribution in [0, 0.1) is 0 Å². The maximum atomic E-state index is 11.7. The number of carboxylic acids is 1. The van der Waals surface area contributed by atoms with Gasteiger partial charge in [-0.15, -0.1) is 0 Å². The number of carbonyl (C=O) groups excluding carboxylic acids is 2. The first kappa shape index (κ1) is 14.4. The van der Waals surface area contributed by atoms with Gasteiger partial charge in [-0.1, -0.05) is 0 Å². The van der Waals surface area contributed by atoms with Crippen LogP contribution in [-0.2, 0) is 14.4 Å². The molecule has 1 fully saturated rings. The van der Waals surface area contributed by atoms with E-state index in [1.54, 1.807) is 0 Å². The molecule has 1 aliphatic heterocycles. The molecule has 0 aromatic rings. The van der Waals surface area contributed by atoms with E-state index < -0.39 is 24.0 Å². The zero-order valence-electron chi connectivity index (χ0n) is 10.5. The van der Waals surface area contributed by atoms with Crippen LogP contribution in [0.15, 0.2) is 0 Å². The summed E-state index contributed by atoms with van der Waals surface area (Å²) in [5.74, 6) is -1.84. The Morgan fingerprint density at radius 3 is 2.39 bits per heavy atom. The van der Waals surface area contributed by atoms with Gasteiger partial charge in [0.05, 0.1) is 6.04 Å². The van der Waals surface area contributed by atoms with E-state index in [4.69, 9.17) is 5.11 Å². The molecule has 3 unspecified atom stereocenters. The van der Waals surface area contributed by atoms with Crippen LogP contribution in [0.2, 0.25) is 0 Å². The van der Waals surface area contributed by atoms with Crippen molar-refractivity contribution in [3.05, 3.63) is 0 Å². The maximum absolute atomic E-state index is 11.7. The average molecular weight is 257 g/mol. The summed E-state index contributed by atoms with van der Waals surface area (Å²) in [5, 5.41) is 16.5. The SMILES string of the molecule is CC(NC(=O)C(C)NC(=O)C1CCCN1)C(=O)O. The number of carboxylic acid groups (broad SMARTS) is 1. The van der Waals surface area contributed by atoms with E-state index in [2.05, 4.69) is 16.0 Å². The van der Waals surface area contributed by atoms with Gasteiger partial charge in [0, 0.05) is 0 Å². The molecule has 3 atom stereocenters. The first-order valence-corrected chi connectivity index (χ1v) is 5.98. The molecule has 1 heterocycles. The molecule has 18 heavy (non-hydrogen) atoms. The maximum Gasteiger partial charge on any atom is 0.325 e. The second-order valence-corrected chi connectivity index (χ2v) is 4.45. The summed E-state index contributed by atoms with van der Waals surface area (Å²) in [6, 6.07) is -1.97. The van der Waals surface area contributed by atoms with Crippen molar-refractivity contribution >= 4 is 17.8 Å². The third kappa shape index (κ3) is 3.99. The third-order valence-corrected chi connectivity index (χ3v) is 2.86. The summed E-state index contributed by atoms with van der Waals surface area (Å²) in [5.41, 5.74) is 0. The summed E-state index contributed by atoms with van der Waals surface area (Å²) in [6.45, 7) is 3.69. The molecule has 0 bridgehead atoms. The minimum absolute atomic E-state index is 0.224. The molecule has 0 aliphatic carbocycles. The van der Waals surface area contributed by atoms with Gasteiger partial charge < -0.3 is 21.1 Å². The largest absolute Gasteiger partial charge is 0.480 e. The van der Waals surface area contributed by atoms with Crippen LogP contribution in [0.5, 0.6) is 0 Å². The Morgan fingerprint density at radius 1 is 1.22 bits per heavy atom. The van der Waals surface area contributed by atoms with E-state index in [-0.39, 0.29) is 11.9 Å². The van der Waals surface area contributed by atoms with Crippen molar-refractivity contribution in [3.8, 4) is 0 Å². The molecule has 4 N–H and O–H groups in total. The van der Waals surface area contributed by atoms with Crippen molar-refractivity contribution in [1.29, 1.82) is 0 Å². The predicted octanol–water partition coefficient (Wildman–Crippen LogP) is -1.17. The van der Waals surface area contributed by atoms with Crippen molar-refractivity contribution in [2.45, 2.75) is 44.8 Å². The monoisotopic (exact) mass is 257 g/mol. The van der Waals surface area contributed by atoms with Gasteiger partial charge in [-0.05, 0) is 33.2 Å². The molecule has 0 aromatic carbocycles. The molecule has 102 valence electrons. The van der Waals surface area contributed by atoms with Crippen molar-refractivity contribution in [2.75, 3.05) is 6.54 Å². The van der Waals surface area contributed by atoms with Gasteiger partial charge in [0.15, 0.2) is 0 Å². The van der Waals surface area contributed by atoms with Gasteiger partial charge in [-0.3, -0.25) is 14.4 Å². The molecule has 1 rings (SSSR count). The summed E-state index contributed by atoms with van der Waals surface area (Å²) >= 11 is 0. The molecule has 0 radical (unpaired) electrons. The minimum atomic E-state index is -1.11. The third-order valence-electron chi connectivity index (χ3n) is 2.86. The van der Waals surface area contributed by atoms with Crippen molar-refractivity contribution in [2.24, 2.45) is 0 Å². The average Bonchev–Trinajstić information content (AvgIpc) is 2.81. The molecular formula is C11H19N3O4. The quantitative estimate of drug-likeness (QED) is 0.496. The molecule has 0 saturated carbocycles. The molecule has 1 saturated heterocycles. The van der Waals surface area contributed by atoms with Gasteiger partial charge in [-0.25, -0.2) is 0 Å². The first-order valence-electron chi connectivity index (χ1n) is 5.98. The number of aliphatic carboxylic acids is 1. The Bertz CT molecular complexity index is 339. The Balaban J connectivity index is 2.39. The molecule has 2 amide bonds. The highest BCUT2D eigenvalue weighted by atomic mass is 16.4. The highest BCUT2D eigenvalue weighted by Gasteiger charge is 2.26. The van der Waals surface area contributed by atoms with Crippen LogP contribution >= 0.6 is 0 Å². The number of hydrogen-bond acceptors (Lipinski definition) is 4. The number of hydrogen-bond donors (Lipinski definition) is 4. The van der Waals surface area contributed by atoms with Crippen LogP contribution in [0.3, 0.4) is 0 Å². The van der Waals surface area contributed by atoms with Gasteiger partial charge in [-0.2, -0.15) is 0 Å². The minimum Gasteiger partial charge on any atom is -0.480 e. The fourth-order valence-electron chi connectivity index (χ4n) is 1.69. The highest BCUT2D eigenvalue weighted by molar-refractivity contribution is 5.91. The fourth-order valence-corrected chi connectivity index (χ4v) is 1.69. The Labute approximate surface area is 105 Å². The number of amides is 2. The molecule has 1 aliphatic rings. The van der Waals surface area contributed by atoms with Crippen LogP contribution in [-0.4, -0.2) is 47.6 Å². The normalized spacial score (nSPS) is 22.0. The lowest BCUT2D eigenvalue weighted by molar-refractivity contribution is -0.141. The van der Waals surface area contributed by atoms with Gasteiger partial charge in [0.2, 0.25) is 11.8 Å². The highest BCUT2D eigenvalue weighted by Crippen LogP contribution is 2.04. The molecule has 7 nitrogen and oxygen atoms in total. The summed E-state index contributed by atoms with van der Waals surface area (Å²) in [7, 11) is 0. The van der Waals surface area contributed by atoms with E-state index in [0.717, 1.165) is 19.4 Å². The number of nitrogens with one attached hydrogen (secondary N) is 3. The van der Waals surface area contributed by atoms with E-state index >= 15 is 0 Å². The summed E-state index contributed by atoms with van der Waals surface area (Å²) in [6.07, 6.45) is 1.69. The molecular weight excluding hydrogens is 238 g/mol. The van der Waals surface area contributed by atoms with E-state index in [1.165, 1.54) is 13.8 Å². The second kappa shape index (κ2) is 6.34. The molecule has 0 spiro atoms. The second-order valence-electron chi connectivity index (χ2n) is 4.45. The van der Waals surface area contributed by atoms with E-state index in [1.807, 2.05) is 0 Å². The Hall–Kier alpha value is -1.63. The predicted molar refractivity (Wildman–Crippen MR) is 63.9 cm³/mol. The van der Waals surface area contributed by atoms with Crippen LogP contribution < -0.4 is 16.0 Å². The lowest BCUT2D eigenvalue weighted by Crippen LogP contribution is -2.52. The lowest BCUT2D eigenvalue weighted by atomic mass is 10.2. The topological polar surface area (TPSA) is 108 Å². The van der Waals surface area contributed by atoms with Crippen LogP contribution in [0.25, 0.3) is 0 Å². The summed E-state index contributed by atoms with van der Waals surface area (Å²) in [4.78, 5) is 33.9. The fraction of sp³-hybridized carbons (Fsp3) is 0.727. The van der Waals surface area contributed by atoms with Crippen molar-refractivity contribution in [1.82, 2.24) is 16.0 Å². The Kier molecular flexibility index (Phi) is 5.08.